The lowest BCUT2D eigenvalue weighted by atomic mass is 10.1. The van der Waals surface area contributed by atoms with Crippen LogP contribution in [0.5, 0.6) is 0 Å². The van der Waals surface area contributed by atoms with E-state index < -0.39 is 18.1 Å². The summed E-state index contributed by atoms with van der Waals surface area (Å²) in [5.41, 5.74) is 0.341. The van der Waals surface area contributed by atoms with E-state index in [0.717, 1.165) is 0 Å². The number of ether oxygens (including phenoxy) is 1. The molecule has 1 fully saturated rings. The second-order valence-corrected chi connectivity index (χ2v) is 6.74. The minimum Gasteiger partial charge on any atom is -0.379 e. The first-order chi connectivity index (χ1) is 13.9. The molecule has 7 nitrogen and oxygen atoms in total. The number of hydrogen-bond donors (Lipinski definition) is 2. The number of aromatic nitrogens is 1. The molecule has 10 heteroatoms. The van der Waals surface area contributed by atoms with Crippen LogP contribution in [-0.4, -0.2) is 59.5 Å². The summed E-state index contributed by atoms with van der Waals surface area (Å²) in [4.78, 5) is 20.6. The van der Waals surface area contributed by atoms with Crippen LogP contribution < -0.4 is 10.6 Å². The van der Waals surface area contributed by atoms with E-state index in [-0.39, 0.29) is 17.7 Å². The van der Waals surface area contributed by atoms with Gasteiger partial charge < -0.3 is 20.3 Å². The van der Waals surface area contributed by atoms with E-state index in [0.29, 0.717) is 32.0 Å². The van der Waals surface area contributed by atoms with Crippen LogP contribution in [0.1, 0.15) is 11.7 Å². The smallest absolute Gasteiger partial charge is 0.379 e. The van der Waals surface area contributed by atoms with Gasteiger partial charge in [-0.15, -0.1) is 0 Å². The van der Waals surface area contributed by atoms with Crippen LogP contribution >= 0.6 is 0 Å². The van der Waals surface area contributed by atoms with Gasteiger partial charge in [-0.25, -0.2) is 0 Å². The molecule has 3 aliphatic rings. The number of pyridine rings is 1. The molecule has 3 aliphatic heterocycles. The van der Waals surface area contributed by atoms with Gasteiger partial charge in [-0.2, -0.15) is 13.2 Å². The van der Waals surface area contributed by atoms with Crippen LogP contribution in [0.2, 0.25) is 0 Å². The Morgan fingerprint density at radius 3 is 2.76 bits per heavy atom. The quantitative estimate of drug-likeness (QED) is 0.791. The molecule has 29 heavy (non-hydrogen) atoms. The van der Waals surface area contributed by atoms with E-state index in [1.807, 2.05) is 11.0 Å². The van der Waals surface area contributed by atoms with Crippen molar-refractivity contribution >= 4 is 5.91 Å². The molecular weight excluding hydrogens is 387 g/mol. The highest BCUT2D eigenvalue weighted by Crippen LogP contribution is 2.33. The first-order valence-electron chi connectivity index (χ1n) is 9.19. The van der Waals surface area contributed by atoms with Gasteiger partial charge >= 0.3 is 6.18 Å². The molecule has 0 saturated carbocycles. The monoisotopic (exact) mass is 407 g/mol. The first kappa shape index (κ1) is 19.5. The van der Waals surface area contributed by atoms with Gasteiger partial charge in [-0.3, -0.25) is 14.7 Å². The molecule has 4 heterocycles. The van der Waals surface area contributed by atoms with Gasteiger partial charge in [-0.1, -0.05) is 12.1 Å². The van der Waals surface area contributed by atoms with Crippen LogP contribution in [0, 0.1) is 0 Å². The Hall–Kier alpha value is -2.85. The van der Waals surface area contributed by atoms with Crippen LogP contribution in [0.25, 0.3) is 0 Å². The van der Waals surface area contributed by atoms with E-state index in [9.17, 15) is 18.0 Å². The van der Waals surface area contributed by atoms with Gasteiger partial charge in [-0.05, 0) is 24.3 Å². The lowest BCUT2D eigenvalue weighted by Gasteiger charge is -2.37. The molecule has 2 atom stereocenters. The minimum absolute atomic E-state index is 0.0901. The van der Waals surface area contributed by atoms with Crippen molar-refractivity contribution in [3.63, 3.8) is 0 Å². The van der Waals surface area contributed by atoms with Gasteiger partial charge in [0.2, 0.25) is 0 Å². The molecule has 0 aromatic carbocycles. The number of fused-ring (bicyclic) bond motifs is 1. The normalized spacial score (nSPS) is 23.0. The number of nitrogens with one attached hydrogen (secondary N) is 2. The van der Waals surface area contributed by atoms with Crippen molar-refractivity contribution in [1.29, 1.82) is 0 Å². The highest BCUT2D eigenvalue weighted by Gasteiger charge is 2.45. The lowest BCUT2D eigenvalue weighted by Crippen LogP contribution is -2.54. The molecule has 1 aromatic heterocycles. The molecule has 0 bridgehead atoms. The molecular formula is C19H20F3N5O2. The number of allylic oxidation sites excluding steroid dienone is 3. The van der Waals surface area contributed by atoms with Gasteiger partial charge in [0.15, 0.2) is 12.3 Å². The number of carbonyl (C=O) groups excluding carboxylic acids is 1. The van der Waals surface area contributed by atoms with E-state index >= 15 is 0 Å². The van der Waals surface area contributed by atoms with Gasteiger partial charge in [0.05, 0.1) is 24.6 Å². The highest BCUT2D eigenvalue weighted by atomic mass is 19.4. The van der Waals surface area contributed by atoms with E-state index in [2.05, 4.69) is 20.5 Å². The average molecular weight is 407 g/mol. The molecule has 4 rings (SSSR count). The number of alkyl halides is 3. The van der Waals surface area contributed by atoms with Crippen LogP contribution in [0.15, 0.2) is 60.2 Å². The van der Waals surface area contributed by atoms with Crippen molar-refractivity contribution in [2.24, 2.45) is 0 Å². The standard InChI is InChI=1S/C19H20F3N5O2/c20-19(21,22)16(13-5-1-3-7-23-13)25-17(28)15-14-6-2-4-8-27(14)18(24-15)26-9-11-29-12-10-26/h1-8,16,18,24H,9-12H2,(H,25,28). The predicted molar refractivity (Wildman–Crippen MR) is 97.6 cm³/mol. The van der Waals surface area contributed by atoms with Crippen LogP contribution in [0.4, 0.5) is 13.2 Å². The van der Waals surface area contributed by atoms with Crippen LogP contribution in [-0.2, 0) is 9.53 Å². The van der Waals surface area contributed by atoms with Crippen molar-refractivity contribution in [2.45, 2.75) is 18.5 Å². The second-order valence-electron chi connectivity index (χ2n) is 6.74. The maximum atomic E-state index is 13.6. The maximum Gasteiger partial charge on any atom is 0.414 e. The third-order valence-corrected chi connectivity index (χ3v) is 4.89. The molecule has 1 aromatic rings. The van der Waals surface area contributed by atoms with E-state index in [1.165, 1.54) is 24.4 Å². The van der Waals surface area contributed by atoms with Gasteiger partial charge in [0, 0.05) is 25.5 Å². The Bertz CT molecular complexity index is 847. The fourth-order valence-electron chi connectivity index (χ4n) is 3.50. The third-order valence-electron chi connectivity index (χ3n) is 4.89. The number of carbonyl (C=O) groups is 1. The Morgan fingerprint density at radius 2 is 2.07 bits per heavy atom. The number of rotatable bonds is 4. The molecule has 0 radical (unpaired) electrons. The summed E-state index contributed by atoms with van der Waals surface area (Å²) < 4.78 is 46.2. The number of morpholine rings is 1. The summed E-state index contributed by atoms with van der Waals surface area (Å²) in [7, 11) is 0. The molecule has 0 spiro atoms. The number of halogens is 3. The summed E-state index contributed by atoms with van der Waals surface area (Å²) in [5, 5.41) is 5.18. The van der Waals surface area contributed by atoms with Crippen molar-refractivity contribution < 1.29 is 22.7 Å². The van der Waals surface area contributed by atoms with Crippen molar-refractivity contribution in [3.8, 4) is 0 Å². The molecule has 2 N–H and O–H groups in total. The van der Waals surface area contributed by atoms with Crippen molar-refractivity contribution in [1.82, 2.24) is 25.4 Å². The van der Waals surface area contributed by atoms with Crippen LogP contribution in [0.3, 0.4) is 0 Å². The molecule has 2 unspecified atom stereocenters. The fourth-order valence-corrected chi connectivity index (χ4v) is 3.50. The number of nitrogens with zero attached hydrogens (tertiary/aromatic N) is 3. The molecule has 1 saturated heterocycles. The lowest BCUT2D eigenvalue weighted by molar-refractivity contribution is -0.163. The third kappa shape index (κ3) is 3.99. The topological polar surface area (TPSA) is 69.7 Å². The largest absolute Gasteiger partial charge is 0.414 e. The second kappa shape index (κ2) is 7.88. The number of amides is 1. The Balaban J connectivity index is 1.58. The van der Waals surface area contributed by atoms with E-state index in [4.69, 9.17) is 4.74 Å². The van der Waals surface area contributed by atoms with E-state index in [1.54, 1.807) is 18.4 Å². The van der Waals surface area contributed by atoms with Gasteiger partial charge in [0.25, 0.3) is 5.91 Å². The summed E-state index contributed by atoms with van der Waals surface area (Å²) in [6, 6.07) is 2.01. The summed E-state index contributed by atoms with van der Waals surface area (Å²) in [6.07, 6.45) is 3.26. The summed E-state index contributed by atoms with van der Waals surface area (Å²) in [6.45, 7) is 2.40. The average Bonchev–Trinajstić information content (AvgIpc) is 3.12. The van der Waals surface area contributed by atoms with Gasteiger partial charge in [0.1, 0.15) is 5.70 Å². The Morgan fingerprint density at radius 1 is 1.28 bits per heavy atom. The minimum atomic E-state index is -4.68. The summed E-state index contributed by atoms with van der Waals surface area (Å²) in [5.74, 6) is -0.839. The Kier molecular flexibility index (Phi) is 5.29. The zero-order valence-corrected chi connectivity index (χ0v) is 15.4. The zero-order valence-electron chi connectivity index (χ0n) is 15.4. The van der Waals surface area contributed by atoms with Crippen molar-refractivity contribution in [2.75, 3.05) is 26.3 Å². The highest BCUT2D eigenvalue weighted by molar-refractivity contribution is 5.95. The Labute approximate surface area is 165 Å². The molecule has 1 amide bonds. The SMILES string of the molecule is O=C(NC(c1ccccn1)C(F)(F)F)C1=C2C=CC=CN2C(N2CCOCC2)N1. The zero-order chi connectivity index (χ0) is 20.4. The number of hydrogen-bond acceptors (Lipinski definition) is 6. The summed E-state index contributed by atoms with van der Waals surface area (Å²) >= 11 is 0. The van der Waals surface area contributed by atoms with Crippen molar-refractivity contribution in [3.05, 3.63) is 65.9 Å². The predicted octanol–water partition coefficient (Wildman–Crippen LogP) is 1.62. The fraction of sp³-hybridized carbons (Fsp3) is 0.368. The molecule has 0 aliphatic carbocycles. The molecule has 154 valence electrons. The first-order valence-corrected chi connectivity index (χ1v) is 9.19. The maximum absolute atomic E-state index is 13.6.